The molecule has 0 aliphatic carbocycles. The molecule has 17 heavy (non-hydrogen) atoms. The smallest absolute Gasteiger partial charge is 0.256 e. The van der Waals surface area contributed by atoms with Crippen molar-refractivity contribution in [2.75, 3.05) is 13.1 Å². The Hall–Kier alpha value is -1.55. The van der Waals surface area contributed by atoms with Crippen molar-refractivity contribution in [2.45, 2.75) is 19.3 Å². The molecular formula is C13H17N3O. The third kappa shape index (κ3) is 2.13. The maximum atomic E-state index is 11.6. The largest absolute Gasteiger partial charge is 0.343 e. The molecule has 3 rings (SSSR count). The van der Waals surface area contributed by atoms with Crippen molar-refractivity contribution in [3.05, 3.63) is 40.4 Å². The molecule has 1 aliphatic rings. The maximum Gasteiger partial charge on any atom is 0.256 e. The number of aromatic amines is 1. The summed E-state index contributed by atoms with van der Waals surface area (Å²) in [5, 5.41) is 3.37. The molecule has 2 aromatic rings. The highest BCUT2D eigenvalue weighted by Crippen LogP contribution is 2.17. The number of fused-ring (bicyclic) bond motifs is 1. The van der Waals surface area contributed by atoms with Gasteiger partial charge in [-0.3, -0.25) is 9.20 Å². The van der Waals surface area contributed by atoms with Crippen LogP contribution < -0.4 is 10.9 Å². The van der Waals surface area contributed by atoms with Crippen LogP contribution in [0.4, 0.5) is 0 Å². The second kappa shape index (κ2) is 4.37. The molecule has 1 aliphatic heterocycles. The molecule has 90 valence electrons. The van der Waals surface area contributed by atoms with Crippen molar-refractivity contribution in [1.29, 1.82) is 0 Å². The van der Waals surface area contributed by atoms with Gasteiger partial charge in [-0.2, -0.15) is 0 Å². The van der Waals surface area contributed by atoms with Crippen molar-refractivity contribution in [3.8, 4) is 0 Å². The van der Waals surface area contributed by atoms with Gasteiger partial charge in [-0.1, -0.05) is 6.07 Å². The number of nitrogens with one attached hydrogen (secondary N) is 2. The third-order valence-corrected chi connectivity index (χ3v) is 3.53. The number of aromatic nitrogens is 2. The van der Waals surface area contributed by atoms with E-state index in [9.17, 15) is 4.79 Å². The van der Waals surface area contributed by atoms with E-state index >= 15 is 0 Å². The van der Waals surface area contributed by atoms with Crippen molar-refractivity contribution >= 4 is 5.65 Å². The predicted molar refractivity (Wildman–Crippen MR) is 67.3 cm³/mol. The van der Waals surface area contributed by atoms with Gasteiger partial charge < -0.3 is 10.3 Å². The summed E-state index contributed by atoms with van der Waals surface area (Å²) >= 11 is 0. The summed E-state index contributed by atoms with van der Waals surface area (Å²) in [5.74, 6) is 0.736. The molecule has 2 aromatic heterocycles. The lowest BCUT2D eigenvalue weighted by molar-refractivity contribution is 0.370. The van der Waals surface area contributed by atoms with Crippen molar-refractivity contribution < 1.29 is 0 Å². The molecule has 1 saturated heterocycles. The van der Waals surface area contributed by atoms with Crippen LogP contribution in [0.25, 0.3) is 5.65 Å². The predicted octanol–water partition coefficient (Wildman–Crippen LogP) is 1.17. The molecular weight excluding hydrogens is 214 g/mol. The van der Waals surface area contributed by atoms with Gasteiger partial charge in [0, 0.05) is 18.0 Å². The average Bonchev–Trinajstić information content (AvgIpc) is 2.74. The minimum Gasteiger partial charge on any atom is -0.343 e. The van der Waals surface area contributed by atoms with E-state index < -0.39 is 0 Å². The zero-order chi connectivity index (χ0) is 11.7. The highest BCUT2D eigenvalue weighted by molar-refractivity contribution is 5.39. The zero-order valence-electron chi connectivity index (χ0n) is 9.78. The van der Waals surface area contributed by atoms with Crippen molar-refractivity contribution in [3.63, 3.8) is 0 Å². The number of imidazole rings is 1. The molecule has 1 fully saturated rings. The summed E-state index contributed by atoms with van der Waals surface area (Å²) in [7, 11) is 0. The van der Waals surface area contributed by atoms with Gasteiger partial charge in [-0.25, -0.2) is 0 Å². The highest BCUT2D eigenvalue weighted by Gasteiger charge is 2.14. The van der Waals surface area contributed by atoms with Crippen molar-refractivity contribution in [2.24, 2.45) is 5.92 Å². The summed E-state index contributed by atoms with van der Waals surface area (Å²) < 4.78 is 1.69. The van der Waals surface area contributed by atoms with Gasteiger partial charge in [-0.15, -0.1) is 0 Å². The SMILES string of the molecule is O=c1cccc2[nH]c(CC3CCNCC3)cn12. The van der Waals surface area contributed by atoms with Crippen LogP contribution in [0.1, 0.15) is 18.5 Å². The number of hydrogen-bond acceptors (Lipinski definition) is 2. The van der Waals surface area contributed by atoms with Crippen LogP contribution in [-0.4, -0.2) is 22.5 Å². The lowest BCUT2D eigenvalue weighted by Gasteiger charge is -2.21. The second-order valence-electron chi connectivity index (χ2n) is 4.80. The van der Waals surface area contributed by atoms with E-state index in [-0.39, 0.29) is 5.56 Å². The molecule has 0 radical (unpaired) electrons. The molecule has 0 amide bonds. The molecule has 3 heterocycles. The van der Waals surface area contributed by atoms with E-state index in [1.54, 1.807) is 16.5 Å². The normalized spacial score (nSPS) is 17.6. The Morgan fingerprint density at radius 3 is 2.88 bits per heavy atom. The fraction of sp³-hybridized carbons (Fsp3) is 0.462. The number of nitrogens with zero attached hydrogens (tertiary/aromatic N) is 1. The standard InChI is InChI=1S/C13H17N3O/c17-13-3-1-2-12-15-11(9-16(12)13)8-10-4-6-14-7-5-10/h1-3,9-10,14-15H,4-8H2. The molecule has 4 nitrogen and oxygen atoms in total. The number of pyridine rings is 1. The van der Waals surface area contributed by atoms with Gasteiger partial charge >= 0.3 is 0 Å². The van der Waals surface area contributed by atoms with Crippen LogP contribution in [0.3, 0.4) is 0 Å². The van der Waals surface area contributed by atoms with E-state index in [4.69, 9.17) is 0 Å². The Labute approximate surface area is 99.7 Å². The summed E-state index contributed by atoms with van der Waals surface area (Å²) in [5.41, 5.74) is 2.09. The molecule has 4 heteroatoms. The Kier molecular flexibility index (Phi) is 2.73. The molecule has 0 atom stereocenters. The van der Waals surface area contributed by atoms with Crippen LogP contribution in [-0.2, 0) is 6.42 Å². The lowest BCUT2D eigenvalue weighted by atomic mass is 9.93. The quantitative estimate of drug-likeness (QED) is 0.815. The molecule has 0 bridgehead atoms. The van der Waals surface area contributed by atoms with Gasteiger partial charge in [0.05, 0.1) is 0 Å². The first-order valence-electron chi connectivity index (χ1n) is 6.23. The molecule has 0 aromatic carbocycles. The van der Waals surface area contributed by atoms with Gasteiger partial charge in [0.25, 0.3) is 5.56 Å². The first kappa shape index (κ1) is 10.6. The van der Waals surface area contributed by atoms with Gasteiger partial charge in [0.15, 0.2) is 0 Å². The average molecular weight is 231 g/mol. The van der Waals surface area contributed by atoms with Crippen LogP contribution in [0.5, 0.6) is 0 Å². The molecule has 0 saturated carbocycles. The van der Waals surface area contributed by atoms with E-state index in [0.717, 1.165) is 31.1 Å². The Balaban J connectivity index is 1.85. The van der Waals surface area contributed by atoms with Gasteiger partial charge in [0.1, 0.15) is 5.65 Å². The molecule has 0 unspecified atom stereocenters. The Bertz CT molecular complexity index is 563. The van der Waals surface area contributed by atoms with Gasteiger partial charge in [-0.05, 0) is 44.3 Å². The first-order valence-corrected chi connectivity index (χ1v) is 6.23. The van der Waals surface area contributed by atoms with E-state index in [1.165, 1.54) is 18.5 Å². The minimum atomic E-state index is 0.0373. The lowest BCUT2D eigenvalue weighted by Crippen LogP contribution is -2.28. The Morgan fingerprint density at radius 2 is 2.12 bits per heavy atom. The minimum absolute atomic E-state index is 0.0373. The third-order valence-electron chi connectivity index (χ3n) is 3.53. The van der Waals surface area contributed by atoms with E-state index in [1.807, 2.05) is 12.3 Å². The number of piperidine rings is 1. The van der Waals surface area contributed by atoms with E-state index in [0.29, 0.717) is 0 Å². The highest BCUT2D eigenvalue weighted by atomic mass is 16.1. The monoisotopic (exact) mass is 231 g/mol. The summed E-state index contributed by atoms with van der Waals surface area (Å²) in [6.07, 6.45) is 5.44. The number of rotatable bonds is 2. The summed E-state index contributed by atoms with van der Waals surface area (Å²) in [6.45, 7) is 2.23. The molecule has 0 spiro atoms. The van der Waals surface area contributed by atoms with Crippen molar-refractivity contribution in [1.82, 2.24) is 14.7 Å². The van der Waals surface area contributed by atoms with Gasteiger partial charge in [0.2, 0.25) is 0 Å². The van der Waals surface area contributed by atoms with Crippen LogP contribution in [0.2, 0.25) is 0 Å². The van der Waals surface area contributed by atoms with Crippen LogP contribution >= 0.6 is 0 Å². The second-order valence-corrected chi connectivity index (χ2v) is 4.80. The van der Waals surface area contributed by atoms with E-state index in [2.05, 4.69) is 10.3 Å². The molecule has 2 N–H and O–H groups in total. The fourth-order valence-corrected chi connectivity index (χ4v) is 2.59. The number of H-pyrrole nitrogens is 1. The topological polar surface area (TPSA) is 49.3 Å². The van der Waals surface area contributed by atoms with Crippen LogP contribution in [0, 0.1) is 5.92 Å². The van der Waals surface area contributed by atoms with Crippen LogP contribution in [0.15, 0.2) is 29.2 Å². The zero-order valence-corrected chi connectivity index (χ0v) is 9.78. The fourth-order valence-electron chi connectivity index (χ4n) is 2.59. The maximum absolute atomic E-state index is 11.6. The summed E-state index contributed by atoms with van der Waals surface area (Å²) in [4.78, 5) is 14.9. The summed E-state index contributed by atoms with van der Waals surface area (Å²) in [6, 6.07) is 5.32. The number of hydrogen-bond donors (Lipinski definition) is 2. The first-order chi connectivity index (χ1) is 8.33. The Morgan fingerprint density at radius 1 is 1.29 bits per heavy atom.